The molecule has 0 atom stereocenters. The number of aromatic nitrogens is 2. The molecule has 0 fully saturated rings. The fourth-order valence-corrected chi connectivity index (χ4v) is 4.53. The van der Waals surface area contributed by atoms with E-state index in [1.807, 2.05) is 92.2 Å². The Bertz CT molecular complexity index is 1560. The van der Waals surface area contributed by atoms with Crippen molar-refractivity contribution in [2.75, 3.05) is 18.5 Å². The second kappa shape index (κ2) is 9.23. The summed E-state index contributed by atoms with van der Waals surface area (Å²) in [6, 6.07) is 23.6. The molecule has 2 aromatic heterocycles. The van der Waals surface area contributed by atoms with Crippen molar-refractivity contribution in [3.63, 3.8) is 0 Å². The number of nitrogens with zero attached hydrogens (tertiary/aromatic N) is 2. The molecule has 1 N–H and O–H groups in total. The number of hydrogen-bond donors (Lipinski definition) is 1. The molecule has 36 heavy (non-hydrogen) atoms. The van der Waals surface area contributed by atoms with Gasteiger partial charge in [0.1, 0.15) is 13.2 Å². The smallest absolute Gasteiger partial charge is 0.255 e. The lowest BCUT2D eigenvalue weighted by atomic mass is 10.0. The van der Waals surface area contributed by atoms with Crippen LogP contribution in [0.25, 0.3) is 22.0 Å². The largest absolute Gasteiger partial charge is 0.486 e. The molecule has 1 aliphatic heterocycles. The lowest BCUT2D eigenvalue weighted by Crippen LogP contribution is -2.15. The monoisotopic (exact) mass is 475 g/mol. The van der Waals surface area contributed by atoms with Gasteiger partial charge in [-0.1, -0.05) is 24.3 Å². The summed E-state index contributed by atoms with van der Waals surface area (Å²) in [6.45, 7) is 3.88. The van der Waals surface area contributed by atoms with Crippen LogP contribution >= 0.6 is 0 Å². The highest BCUT2D eigenvalue weighted by Crippen LogP contribution is 2.34. The van der Waals surface area contributed by atoms with Gasteiger partial charge in [0, 0.05) is 41.8 Å². The van der Waals surface area contributed by atoms with Crippen LogP contribution in [0.4, 0.5) is 5.69 Å². The van der Waals surface area contributed by atoms with Crippen molar-refractivity contribution in [3.05, 3.63) is 108 Å². The second-order valence-corrected chi connectivity index (χ2v) is 8.90. The summed E-state index contributed by atoms with van der Waals surface area (Å²) in [7, 11) is 0. The van der Waals surface area contributed by atoms with Crippen molar-refractivity contribution in [2.45, 2.75) is 13.5 Å². The van der Waals surface area contributed by atoms with Gasteiger partial charge in [-0.2, -0.15) is 0 Å². The highest BCUT2D eigenvalue weighted by Gasteiger charge is 2.14. The molecule has 0 bridgehead atoms. The van der Waals surface area contributed by atoms with Crippen LogP contribution in [0.2, 0.25) is 0 Å². The third kappa shape index (κ3) is 4.29. The number of pyridine rings is 1. The van der Waals surface area contributed by atoms with Gasteiger partial charge in [-0.15, -0.1) is 0 Å². The Morgan fingerprint density at radius 1 is 0.917 bits per heavy atom. The molecule has 0 spiro atoms. The first-order valence-corrected chi connectivity index (χ1v) is 11.9. The summed E-state index contributed by atoms with van der Waals surface area (Å²) in [5.74, 6) is 1.35. The summed E-state index contributed by atoms with van der Waals surface area (Å²) < 4.78 is 13.4. The molecule has 3 heterocycles. The van der Waals surface area contributed by atoms with Gasteiger partial charge in [-0.25, -0.2) is 0 Å². The fraction of sp³-hybridized carbons (Fsp3) is 0.133. The molecule has 0 unspecified atom stereocenters. The number of anilines is 1. The number of amides is 1. The lowest BCUT2D eigenvalue weighted by molar-refractivity contribution is 0.102. The van der Waals surface area contributed by atoms with Crippen LogP contribution < -0.4 is 14.8 Å². The van der Waals surface area contributed by atoms with E-state index in [4.69, 9.17) is 14.5 Å². The topological polar surface area (TPSA) is 65.4 Å². The SMILES string of the molecule is Cc1c(NC(=O)c2ccc(-c3ccc4c(c3)OCCO4)cc2)ccc2cc(Cn3cccc3)cnc12. The molecular weight excluding hydrogens is 450 g/mol. The predicted octanol–water partition coefficient (Wildman–Crippen LogP) is 6.08. The Morgan fingerprint density at radius 2 is 1.67 bits per heavy atom. The van der Waals surface area contributed by atoms with E-state index < -0.39 is 0 Å². The second-order valence-electron chi connectivity index (χ2n) is 8.90. The van der Waals surface area contributed by atoms with Gasteiger partial charge < -0.3 is 19.4 Å². The van der Waals surface area contributed by atoms with Crippen molar-refractivity contribution in [3.8, 4) is 22.6 Å². The first kappa shape index (κ1) is 21.9. The zero-order chi connectivity index (χ0) is 24.5. The van der Waals surface area contributed by atoms with E-state index >= 15 is 0 Å². The van der Waals surface area contributed by atoms with Crippen molar-refractivity contribution in [2.24, 2.45) is 0 Å². The maximum Gasteiger partial charge on any atom is 0.255 e. The minimum atomic E-state index is -0.157. The highest BCUT2D eigenvalue weighted by molar-refractivity contribution is 6.06. The maximum atomic E-state index is 13.0. The van der Waals surface area contributed by atoms with Gasteiger partial charge in [-0.05, 0) is 77.7 Å². The molecule has 3 aromatic carbocycles. The third-order valence-corrected chi connectivity index (χ3v) is 6.46. The van der Waals surface area contributed by atoms with Crippen LogP contribution in [0, 0.1) is 6.92 Å². The van der Waals surface area contributed by atoms with Crippen molar-refractivity contribution in [1.82, 2.24) is 9.55 Å². The normalized spacial score (nSPS) is 12.5. The predicted molar refractivity (Wildman–Crippen MR) is 141 cm³/mol. The molecule has 5 aromatic rings. The quantitative estimate of drug-likeness (QED) is 0.334. The number of hydrogen-bond acceptors (Lipinski definition) is 4. The Morgan fingerprint density at radius 3 is 2.47 bits per heavy atom. The van der Waals surface area contributed by atoms with Crippen LogP contribution in [-0.4, -0.2) is 28.7 Å². The van der Waals surface area contributed by atoms with Crippen LogP contribution in [0.1, 0.15) is 21.5 Å². The number of fused-ring (bicyclic) bond motifs is 2. The van der Waals surface area contributed by atoms with Crippen LogP contribution in [0.15, 0.2) is 91.4 Å². The fourth-order valence-electron chi connectivity index (χ4n) is 4.53. The maximum absolute atomic E-state index is 13.0. The summed E-state index contributed by atoms with van der Waals surface area (Å²) in [5.41, 5.74) is 6.33. The molecule has 178 valence electrons. The number of benzene rings is 3. The number of carbonyl (C=O) groups is 1. The van der Waals surface area contributed by atoms with E-state index in [-0.39, 0.29) is 5.91 Å². The summed E-state index contributed by atoms with van der Waals surface area (Å²) in [6.07, 6.45) is 5.98. The van der Waals surface area contributed by atoms with Gasteiger partial charge in [0.25, 0.3) is 5.91 Å². The molecule has 0 saturated carbocycles. The van der Waals surface area contributed by atoms with E-state index in [1.54, 1.807) is 0 Å². The standard InChI is InChI=1S/C30H25N3O3/c1-20-26(10-8-25-16-21(18-31-29(20)25)19-33-12-2-3-13-33)32-30(34)23-6-4-22(5-7-23)24-9-11-27-28(17-24)36-15-14-35-27/h2-13,16-18H,14-15,19H2,1H3,(H,32,34). The number of nitrogens with one attached hydrogen (secondary N) is 1. The third-order valence-electron chi connectivity index (χ3n) is 6.46. The molecule has 6 nitrogen and oxygen atoms in total. The van der Waals surface area contributed by atoms with Crippen LogP contribution in [0.3, 0.4) is 0 Å². The first-order chi connectivity index (χ1) is 17.6. The lowest BCUT2D eigenvalue weighted by Gasteiger charge is -2.19. The van der Waals surface area contributed by atoms with E-state index in [0.29, 0.717) is 18.8 Å². The molecule has 0 saturated heterocycles. The molecule has 0 aliphatic carbocycles. The van der Waals surface area contributed by atoms with Crippen molar-refractivity contribution >= 4 is 22.5 Å². The van der Waals surface area contributed by atoms with Gasteiger partial charge in [-0.3, -0.25) is 9.78 Å². The molecule has 6 heteroatoms. The van der Waals surface area contributed by atoms with Gasteiger partial charge in [0.05, 0.1) is 5.52 Å². The van der Waals surface area contributed by atoms with E-state index in [9.17, 15) is 4.79 Å². The minimum Gasteiger partial charge on any atom is -0.486 e. The van der Waals surface area contributed by atoms with Gasteiger partial charge in [0.2, 0.25) is 0 Å². The molecule has 1 aliphatic rings. The van der Waals surface area contributed by atoms with Gasteiger partial charge >= 0.3 is 0 Å². The van der Waals surface area contributed by atoms with Crippen molar-refractivity contribution in [1.29, 1.82) is 0 Å². The van der Waals surface area contributed by atoms with Gasteiger partial charge in [0.15, 0.2) is 11.5 Å². The van der Waals surface area contributed by atoms with Crippen LogP contribution in [0.5, 0.6) is 11.5 Å². The average Bonchev–Trinajstić information content (AvgIpc) is 3.43. The highest BCUT2D eigenvalue weighted by atomic mass is 16.6. The summed E-state index contributed by atoms with van der Waals surface area (Å²) >= 11 is 0. The Kier molecular flexibility index (Phi) is 5.62. The minimum absolute atomic E-state index is 0.157. The molecule has 6 rings (SSSR count). The number of ether oxygens (including phenoxy) is 2. The zero-order valence-electron chi connectivity index (χ0n) is 19.9. The van der Waals surface area contributed by atoms with Crippen LogP contribution in [-0.2, 0) is 6.54 Å². The van der Waals surface area contributed by atoms with E-state index in [2.05, 4.69) is 16.0 Å². The number of rotatable bonds is 5. The van der Waals surface area contributed by atoms with E-state index in [0.717, 1.165) is 56.9 Å². The Hall–Kier alpha value is -4.58. The van der Waals surface area contributed by atoms with Crippen molar-refractivity contribution < 1.29 is 14.3 Å². The first-order valence-electron chi connectivity index (χ1n) is 11.9. The Labute approximate surface area is 209 Å². The Balaban J connectivity index is 1.19. The van der Waals surface area contributed by atoms with E-state index in [1.165, 1.54) is 0 Å². The summed E-state index contributed by atoms with van der Waals surface area (Å²) in [5, 5.41) is 4.10. The molecule has 0 radical (unpaired) electrons. The number of carbonyl (C=O) groups excluding carboxylic acids is 1. The average molecular weight is 476 g/mol. The zero-order valence-corrected chi connectivity index (χ0v) is 19.9. The number of aryl methyl sites for hydroxylation is 1. The molecule has 1 amide bonds. The summed E-state index contributed by atoms with van der Waals surface area (Å²) in [4.78, 5) is 17.7. The molecular formula is C30H25N3O3.